The minimum atomic E-state index is -0.283. The van der Waals surface area contributed by atoms with Crippen molar-refractivity contribution in [1.82, 2.24) is 4.37 Å². The number of hydrogen-bond acceptors (Lipinski definition) is 5. The lowest BCUT2D eigenvalue weighted by molar-refractivity contribution is -0.118. The van der Waals surface area contributed by atoms with Gasteiger partial charge in [-0.15, -0.1) is 0 Å². The van der Waals surface area contributed by atoms with E-state index in [0.717, 1.165) is 16.1 Å². The van der Waals surface area contributed by atoms with Gasteiger partial charge in [0.25, 0.3) is 0 Å². The average molecular weight is 276 g/mol. The van der Waals surface area contributed by atoms with Crippen LogP contribution >= 0.6 is 11.5 Å². The molecule has 0 unspecified atom stereocenters. The summed E-state index contributed by atoms with van der Waals surface area (Å²) in [6.07, 6.45) is 1.07. The summed E-state index contributed by atoms with van der Waals surface area (Å²) in [5.74, 6) is 0.238. The molecule has 100 valence electrons. The van der Waals surface area contributed by atoms with Gasteiger partial charge >= 0.3 is 0 Å². The molecule has 0 bridgehead atoms. The van der Waals surface area contributed by atoms with Gasteiger partial charge in [-0.1, -0.05) is 30.3 Å². The first-order chi connectivity index (χ1) is 9.18. The third-order valence-corrected chi connectivity index (χ3v) is 3.49. The SMILES string of the molecule is NC(=O)CCCNc1snc(N)c1-c1ccccc1. The lowest BCUT2D eigenvalue weighted by atomic mass is 10.1. The van der Waals surface area contributed by atoms with Gasteiger partial charge in [-0.3, -0.25) is 4.79 Å². The summed E-state index contributed by atoms with van der Waals surface area (Å²) >= 11 is 1.33. The third kappa shape index (κ3) is 3.45. The minimum Gasteiger partial charge on any atom is -0.382 e. The molecule has 0 saturated carbocycles. The predicted molar refractivity (Wildman–Crippen MR) is 78.9 cm³/mol. The number of primary amides is 1. The van der Waals surface area contributed by atoms with Crippen LogP contribution in [0.2, 0.25) is 0 Å². The van der Waals surface area contributed by atoms with E-state index < -0.39 is 0 Å². The van der Waals surface area contributed by atoms with E-state index in [9.17, 15) is 4.79 Å². The highest BCUT2D eigenvalue weighted by atomic mass is 32.1. The van der Waals surface area contributed by atoms with E-state index in [1.54, 1.807) is 0 Å². The molecular formula is C13H16N4OS. The highest BCUT2D eigenvalue weighted by Crippen LogP contribution is 2.36. The fourth-order valence-electron chi connectivity index (χ4n) is 1.77. The van der Waals surface area contributed by atoms with E-state index in [2.05, 4.69) is 9.69 Å². The number of benzene rings is 1. The number of amides is 1. The van der Waals surface area contributed by atoms with Gasteiger partial charge < -0.3 is 16.8 Å². The Balaban J connectivity index is 2.08. The molecule has 1 aromatic heterocycles. The zero-order valence-corrected chi connectivity index (χ0v) is 11.2. The lowest BCUT2D eigenvalue weighted by Crippen LogP contribution is -2.12. The number of anilines is 2. The zero-order valence-electron chi connectivity index (χ0n) is 10.4. The second kappa shape index (κ2) is 6.19. The fraction of sp³-hybridized carbons (Fsp3) is 0.231. The molecule has 2 aromatic rings. The van der Waals surface area contributed by atoms with Crippen LogP contribution in [0, 0.1) is 0 Å². The molecule has 0 aliphatic carbocycles. The Bertz CT molecular complexity index is 553. The van der Waals surface area contributed by atoms with Crippen molar-refractivity contribution in [2.45, 2.75) is 12.8 Å². The number of rotatable bonds is 6. The van der Waals surface area contributed by atoms with Crippen LogP contribution in [0.3, 0.4) is 0 Å². The van der Waals surface area contributed by atoms with Crippen LogP contribution in [0.15, 0.2) is 30.3 Å². The lowest BCUT2D eigenvalue weighted by Gasteiger charge is -2.06. The van der Waals surface area contributed by atoms with Gasteiger partial charge in [0.15, 0.2) is 0 Å². The quantitative estimate of drug-likeness (QED) is 0.704. The highest BCUT2D eigenvalue weighted by molar-refractivity contribution is 7.11. The summed E-state index contributed by atoms with van der Waals surface area (Å²) in [6, 6.07) is 9.87. The number of aromatic nitrogens is 1. The van der Waals surface area contributed by atoms with Crippen molar-refractivity contribution in [2.75, 3.05) is 17.6 Å². The normalized spacial score (nSPS) is 10.3. The molecule has 1 aromatic carbocycles. The molecule has 0 radical (unpaired) electrons. The maximum absolute atomic E-state index is 10.7. The van der Waals surface area contributed by atoms with Crippen LogP contribution in [0.4, 0.5) is 10.8 Å². The summed E-state index contributed by atoms with van der Waals surface area (Å²) in [5, 5.41) is 4.18. The molecule has 0 fully saturated rings. The van der Waals surface area contributed by atoms with Crippen LogP contribution in [-0.4, -0.2) is 16.8 Å². The van der Waals surface area contributed by atoms with Gasteiger partial charge in [0.05, 0.1) is 5.56 Å². The summed E-state index contributed by atoms with van der Waals surface area (Å²) in [7, 11) is 0. The first-order valence-electron chi connectivity index (χ1n) is 6.01. The smallest absolute Gasteiger partial charge is 0.217 e. The highest BCUT2D eigenvalue weighted by Gasteiger charge is 2.12. The van der Waals surface area contributed by atoms with E-state index in [-0.39, 0.29) is 5.91 Å². The standard InChI is InChI=1S/C13H16N4OS/c14-10(18)7-4-8-16-13-11(12(15)17-19-13)9-5-2-1-3-6-9/h1-3,5-6,16H,4,7-8H2,(H2,14,18)(H2,15,17). The van der Waals surface area contributed by atoms with Crippen LogP contribution in [0.1, 0.15) is 12.8 Å². The summed E-state index contributed by atoms with van der Waals surface area (Å²) in [5.41, 5.74) is 13.0. The number of carbonyl (C=O) groups excluding carboxylic acids is 1. The van der Waals surface area contributed by atoms with Gasteiger partial charge in [-0.05, 0) is 23.5 Å². The van der Waals surface area contributed by atoms with E-state index in [4.69, 9.17) is 11.5 Å². The van der Waals surface area contributed by atoms with Crippen molar-refractivity contribution in [2.24, 2.45) is 5.73 Å². The van der Waals surface area contributed by atoms with Gasteiger partial charge in [-0.2, -0.15) is 4.37 Å². The molecular weight excluding hydrogens is 260 g/mol. The molecule has 2 rings (SSSR count). The maximum Gasteiger partial charge on any atom is 0.217 e. The molecule has 19 heavy (non-hydrogen) atoms. The molecule has 0 saturated heterocycles. The van der Waals surface area contributed by atoms with Crippen LogP contribution in [0.5, 0.6) is 0 Å². The Morgan fingerprint density at radius 2 is 2.05 bits per heavy atom. The van der Waals surface area contributed by atoms with Gasteiger partial charge in [-0.25, -0.2) is 0 Å². The van der Waals surface area contributed by atoms with E-state index in [0.29, 0.717) is 25.2 Å². The monoisotopic (exact) mass is 276 g/mol. The molecule has 0 atom stereocenters. The second-order valence-corrected chi connectivity index (χ2v) is 4.91. The van der Waals surface area contributed by atoms with Crippen molar-refractivity contribution < 1.29 is 4.79 Å². The Labute approximate surface area is 115 Å². The fourth-order valence-corrected chi connectivity index (χ4v) is 2.53. The number of nitrogens with one attached hydrogen (secondary N) is 1. The summed E-state index contributed by atoms with van der Waals surface area (Å²) in [4.78, 5) is 10.7. The molecule has 5 N–H and O–H groups in total. The summed E-state index contributed by atoms with van der Waals surface area (Å²) < 4.78 is 4.17. The molecule has 1 heterocycles. The van der Waals surface area contributed by atoms with Crippen LogP contribution in [-0.2, 0) is 4.79 Å². The van der Waals surface area contributed by atoms with Gasteiger partial charge in [0, 0.05) is 13.0 Å². The molecule has 0 spiro atoms. The zero-order chi connectivity index (χ0) is 13.7. The Kier molecular flexibility index (Phi) is 4.35. The Morgan fingerprint density at radius 1 is 1.32 bits per heavy atom. The summed E-state index contributed by atoms with van der Waals surface area (Å²) in [6.45, 7) is 0.671. The minimum absolute atomic E-state index is 0.283. The largest absolute Gasteiger partial charge is 0.382 e. The number of nitrogens with two attached hydrogens (primary N) is 2. The number of nitrogens with zero attached hydrogens (tertiary/aromatic N) is 1. The average Bonchev–Trinajstić information content (AvgIpc) is 2.77. The molecule has 0 aliphatic rings. The van der Waals surface area contributed by atoms with Gasteiger partial charge in [0.2, 0.25) is 5.91 Å². The molecule has 5 nitrogen and oxygen atoms in total. The number of nitrogen functional groups attached to an aromatic ring is 1. The molecule has 0 aliphatic heterocycles. The van der Waals surface area contributed by atoms with E-state index in [1.165, 1.54) is 11.5 Å². The second-order valence-electron chi connectivity index (χ2n) is 4.13. The van der Waals surface area contributed by atoms with Crippen molar-refractivity contribution in [1.29, 1.82) is 0 Å². The van der Waals surface area contributed by atoms with Crippen molar-refractivity contribution in [3.63, 3.8) is 0 Å². The topological polar surface area (TPSA) is 94.0 Å². The van der Waals surface area contributed by atoms with Crippen LogP contribution in [0.25, 0.3) is 11.1 Å². The molecule has 6 heteroatoms. The predicted octanol–water partition coefficient (Wildman–Crippen LogP) is 2.07. The van der Waals surface area contributed by atoms with E-state index in [1.807, 2.05) is 30.3 Å². The Morgan fingerprint density at radius 3 is 2.74 bits per heavy atom. The number of hydrogen-bond donors (Lipinski definition) is 3. The van der Waals surface area contributed by atoms with E-state index >= 15 is 0 Å². The van der Waals surface area contributed by atoms with Crippen molar-refractivity contribution in [3.8, 4) is 11.1 Å². The third-order valence-electron chi connectivity index (χ3n) is 2.67. The number of carbonyl (C=O) groups is 1. The molecule has 1 amide bonds. The first-order valence-corrected chi connectivity index (χ1v) is 6.78. The van der Waals surface area contributed by atoms with Crippen LogP contribution < -0.4 is 16.8 Å². The first kappa shape index (κ1) is 13.4. The Hall–Kier alpha value is -2.08. The van der Waals surface area contributed by atoms with Crippen molar-refractivity contribution in [3.05, 3.63) is 30.3 Å². The van der Waals surface area contributed by atoms with Crippen molar-refractivity contribution >= 4 is 28.3 Å². The van der Waals surface area contributed by atoms with Gasteiger partial charge in [0.1, 0.15) is 10.8 Å². The maximum atomic E-state index is 10.7.